The highest BCUT2D eigenvalue weighted by molar-refractivity contribution is 5.82. The molecule has 0 aliphatic rings. The molecule has 0 bridgehead atoms. The standard InChI is InChI=1S/C14H15F4NO3/c1-2-22-12(20)7-8-19(13(21)14(16,17)18)9-10-3-5-11(15)6-4-10/h3-6H,2,7-9H2,1H3. The van der Waals surface area contributed by atoms with E-state index in [1.165, 1.54) is 12.1 Å². The Bertz CT molecular complexity index is 514. The third-order valence-electron chi connectivity index (χ3n) is 2.71. The molecule has 0 saturated carbocycles. The minimum absolute atomic E-state index is 0.101. The lowest BCUT2D eigenvalue weighted by Crippen LogP contribution is -2.41. The zero-order valence-electron chi connectivity index (χ0n) is 11.8. The fourth-order valence-corrected chi connectivity index (χ4v) is 1.70. The van der Waals surface area contributed by atoms with Crippen molar-refractivity contribution >= 4 is 11.9 Å². The van der Waals surface area contributed by atoms with Crippen molar-refractivity contribution in [2.75, 3.05) is 13.2 Å². The first-order valence-corrected chi connectivity index (χ1v) is 6.50. The average molecular weight is 321 g/mol. The van der Waals surface area contributed by atoms with Crippen molar-refractivity contribution in [3.63, 3.8) is 0 Å². The van der Waals surface area contributed by atoms with Crippen LogP contribution in [0.15, 0.2) is 24.3 Å². The molecule has 0 spiro atoms. The van der Waals surface area contributed by atoms with Crippen molar-refractivity contribution in [3.8, 4) is 0 Å². The summed E-state index contributed by atoms with van der Waals surface area (Å²) in [4.78, 5) is 23.1. The van der Waals surface area contributed by atoms with Gasteiger partial charge in [-0.2, -0.15) is 13.2 Å². The monoisotopic (exact) mass is 321 g/mol. The summed E-state index contributed by atoms with van der Waals surface area (Å²) >= 11 is 0. The van der Waals surface area contributed by atoms with Gasteiger partial charge in [0.1, 0.15) is 5.82 Å². The smallest absolute Gasteiger partial charge is 0.466 e. The maximum Gasteiger partial charge on any atom is 0.471 e. The highest BCUT2D eigenvalue weighted by Gasteiger charge is 2.42. The van der Waals surface area contributed by atoms with E-state index < -0.39 is 30.4 Å². The van der Waals surface area contributed by atoms with E-state index in [0.717, 1.165) is 12.1 Å². The second-order valence-corrected chi connectivity index (χ2v) is 4.41. The van der Waals surface area contributed by atoms with Crippen LogP contribution in [0.25, 0.3) is 0 Å². The van der Waals surface area contributed by atoms with E-state index in [1.54, 1.807) is 6.92 Å². The lowest BCUT2D eigenvalue weighted by atomic mass is 10.2. The Morgan fingerprint density at radius 2 is 1.77 bits per heavy atom. The van der Waals surface area contributed by atoms with Crippen molar-refractivity contribution in [1.29, 1.82) is 0 Å². The molecular formula is C14H15F4NO3. The minimum atomic E-state index is -5.05. The van der Waals surface area contributed by atoms with Crippen LogP contribution in [0.5, 0.6) is 0 Å². The first-order valence-electron chi connectivity index (χ1n) is 6.50. The van der Waals surface area contributed by atoms with Crippen LogP contribution in [0.1, 0.15) is 18.9 Å². The van der Waals surface area contributed by atoms with Gasteiger partial charge in [-0.05, 0) is 24.6 Å². The molecule has 1 rings (SSSR count). The van der Waals surface area contributed by atoms with Crippen LogP contribution in [0.2, 0.25) is 0 Å². The molecule has 0 heterocycles. The van der Waals surface area contributed by atoms with Gasteiger partial charge in [0.25, 0.3) is 0 Å². The SMILES string of the molecule is CCOC(=O)CCN(Cc1ccc(F)cc1)C(=O)C(F)(F)F. The van der Waals surface area contributed by atoms with Gasteiger partial charge in [-0.3, -0.25) is 9.59 Å². The molecule has 0 N–H and O–H groups in total. The predicted molar refractivity (Wildman–Crippen MR) is 69.1 cm³/mol. The number of nitrogens with zero attached hydrogens (tertiary/aromatic N) is 1. The number of alkyl halides is 3. The van der Waals surface area contributed by atoms with Crippen molar-refractivity contribution in [3.05, 3.63) is 35.6 Å². The Hall–Kier alpha value is -2.12. The van der Waals surface area contributed by atoms with Gasteiger partial charge < -0.3 is 9.64 Å². The molecule has 0 aliphatic heterocycles. The molecular weight excluding hydrogens is 306 g/mol. The highest BCUT2D eigenvalue weighted by atomic mass is 19.4. The number of hydrogen-bond acceptors (Lipinski definition) is 3. The quantitative estimate of drug-likeness (QED) is 0.598. The Morgan fingerprint density at radius 1 is 1.18 bits per heavy atom. The summed E-state index contributed by atoms with van der Waals surface area (Å²) in [5.74, 6) is -3.29. The van der Waals surface area contributed by atoms with Crippen molar-refractivity contribution < 1.29 is 31.9 Å². The third kappa shape index (κ3) is 5.71. The molecule has 0 aromatic heterocycles. The van der Waals surface area contributed by atoms with Gasteiger partial charge in [0.2, 0.25) is 0 Å². The number of ether oxygens (including phenoxy) is 1. The number of rotatable bonds is 6. The molecule has 8 heteroatoms. The molecule has 122 valence electrons. The lowest BCUT2D eigenvalue weighted by Gasteiger charge is -2.23. The number of hydrogen-bond donors (Lipinski definition) is 0. The van der Waals surface area contributed by atoms with E-state index in [9.17, 15) is 27.2 Å². The second-order valence-electron chi connectivity index (χ2n) is 4.41. The number of esters is 1. The molecule has 0 saturated heterocycles. The lowest BCUT2D eigenvalue weighted by molar-refractivity contribution is -0.186. The molecule has 22 heavy (non-hydrogen) atoms. The van der Waals surface area contributed by atoms with Crippen LogP contribution in [-0.4, -0.2) is 36.1 Å². The van der Waals surface area contributed by atoms with E-state index in [0.29, 0.717) is 10.5 Å². The van der Waals surface area contributed by atoms with Gasteiger partial charge in [-0.1, -0.05) is 12.1 Å². The number of carbonyl (C=O) groups is 2. The van der Waals surface area contributed by atoms with Crippen LogP contribution in [0.3, 0.4) is 0 Å². The van der Waals surface area contributed by atoms with Crippen LogP contribution >= 0.6 is 0 Å². The first-order chi connectivity index (χ1) is 10.2. The molecule has 0 fully saturated rings. The summed E-state index contributed by atoms with van der Waals surface area (Å²) in [5, 5.41) is 0. The summed E-state index contributed by atoms with van der Waals surface area (Å²) in [6.45, 7) is 0.853. The van der Waals surface area contributed by atoms with Gasteiger partial charge in [0.05, 0.1) is 13.0 Å². The Balaban J connectivity index is 2.79. The average Bonchev–Trinajstić information content (AvgIpc) is 2.44. The maximum atomic E-state index is 12.8. The van der Waals surface area contributed by atoms with Crippen molar-refractivity contribution in [2.24, 2.45) is 0 Å². The summed E-state index contributed by atoms with van der Waals surface area (Å²) in [7, 11) is 0. The largest absolute Gasteiger partial charge is 0.471 e. The van der Waals surface area contributed by atoms with Crippen molar-refractivity contribution in [2.45, 2.75) is 26.1 Å². The Kier molecular flexibility index (Phi) is 6.33. The number of carbonyl (C=O) groups excluding carboxylic acids is 2. The first kappa shape index (κ1) is 17.9. The fraction of sp³-hybridized carbons (Fsp3) is 0.429. The topological polar surface area (TPSA) is 46.6 Å². The predicted octanol–water partition coefficient (Wildman–Crippen LogP) is 2.67. The minimum Gasteiger partial charge on any atom is -0.466 e. The Morgan fingerprint density at radius 3 is 2.27 bits per heavy atom. The van der Waals surface area contributed by atoms with Crippen LogP contribution in [0, 0.1) is 5.82 Å². The van der Waals surface area contributed by atoms with E-state index in [4.69, 9.17) is 0 Å². The molecule has 0 radical (unpaired) electrons. The van der Waals surface area contributed by atoms with Gasteiger partial charge in [-0.25, -0.2) is 4.39 Å². The second kappa shape index (κ2) is 7.77. The van der Waals surface area contributed by atoms with Gasteiger partial charge in [0.15, 0.2) is 0 Å². The third-order valence-corrected chi connectivity index (χ3v) is 2.71. The van der Waals surface area contributed by atoms with E-state index >= 15 is 0 Å². The van der Waals surface area contributed by atoms with E-state index in [1.807, 2.05) is 0 Å². The molecule has 0 aliphatic carbocycles. The molecule has 1 aromatic carbocycles. The molecule has 1 amide bonds. The number of amides is 1. The van der Waals surface area contributed by atoms with Gasteiger partial charge in [0, 0.05) is 13.1 Å². The number of halogens is 4. The van der Waals surface area contributed by atoms with Crippen LogP contribution < -0.4 is 0 Å². The normalized spacial score (nSPS) is 11.1. The molecule has 0 atom stereocenters. The molecule has 0 unspecified atom stereocenters. The zero-order valence-corrected chi connectivity index (χ0v) is 11.8. The van der Waals surface area contributed by atoms with Crippen LogP contribution in [0.4, 0.5) is 17.6 Å². The van der Waals surface area contributed by atoms with Gasteiger partial charge >= 0.3 is 18.1 Å². The van der Waals surface area contributed by atoms with E-state index in [-0.39, 0.29) is 19.6 Å². The molecule has 4 nitrogen and oxygen atoms in total. The van der Waals surface area contributed by atoms with Gasteiger partial charge in [-0.15, -0.1) is 0 Å². The van der Waals surface area contributed by atoms with E-state index in [2.05, 4.69) is 4.74 Å². The summed E-state index contributed by atoms with van der Waals surface area (Å²) < 4.78 is 55.1. The molecule has 1 aromatic rings. The summed E-state index contributed by atoms with van der Waals surface area (Å²) in [6.07, 6.45) is -5.40. The van der Waals surface area contributed by atoms with Crippen LogP contribution in [-0.2, 0) is 20.9 Å². The van der Waals surface area contributed by atoms with Crippen molar-refractivity contribution in [1.82, 2.24) is 4.90 Å². The fourth-order valence-electron chi connectivity index (χ4n) is 1.70. The maximum absolute atomic E-state index is 12.8. The highest BCUT2D eigenvalue weighted by Crippen LogP contribution is 2.20. The summed E-state index contributed by atoms with van der Waals surface area (Å²) in [5.41, 5.74) is 0.322. The summed E-state index contributed by atoms with van der Waals surface area (Å²) in [6, 6.07) is 4.71. The zero-order chi connectivity index (χ0) is 16.8. The Labute approximate surface area is 124 Å². The number of benzene rings is 1.